The maximum absolute atomic E-state index is 13.6. The zero-order valence-electron chi connectivity index (χ0n) is 22.4. The lowest BCUT2D eigenvalue weighted by molar-refractivity contribution is -0.123. The third kappa shape index (κ3) is 6.42. The average Bonchev–Trinajstić information content (AvgIpc) is 2.99. The van der Waals surface area contributed by atoms with Crippen molar-refractivity contribution in [1.29, 1.82) is 0 Å². The zero-order chi connectivity index (χ0) is 29.0. The third-order valence-electron chi connectivity index (χ3n) is 7.00. The molecule has 0 aliphatic carbocycles. The van der Waals surface area contributed by atoms with Crippen LogP contribution in [0.4, 0.5) is 18.9 Å². The van der Waals surface area contributed by atoms with Crippen LogP contribution in [0.5, 0.6) is 5.75 Å². The highest BCUT2D eigenvalue weighted by molar-refractivity contribution is 6.11. The molecule has 2 amide bonds. The molecule has 0 atom stereocenters. The maximum Gasteiger partial charge on any atom is 0.405 e. The molecule has 0 saturated carbocycles. The molecule has 4 aromatic rings. The molecule has 0 bridgehead atoms. The molecule has 2 heterocycles. The summed E-state index contributed by atoms with van der Waals surface area (Å²) in [5, 5.41) is 3.68. The first kappa shape index (κ1) is 27.9. The van der Waals surface area contributed by atoms with Crippen molar-refractivity contribution in [2.24, 2.45) is 0 Å². The molecular weight excluding hydrogens is 533 g/mol. The van der Waals surface area contributed by atoms with Gasteiger partial charge < -0.3 is 19.9 Å². The number of aromatic nitrogens is 1. The van der Waals surface area contributed by atoms with Crippen molar-refractivity contribution in [1.82, 2.24) is 15.2 Å². The standard InChI is InChI=1S/C31H29F3N4O3/c1-2-41-24-17-22(18-35-19-24)25-11-12-28(27-6-4-3-5-26(25)27)30(40)38-15-13-37(14-16-38)23-9-7-21(8-10-23)29(39)36-20-31(32,33)34/h3-12,17-19H,2,13-16,20H2,1H3,(H,36,39). The van der Waals surface area contributed by atoms with Gasteiger partial charge in [0.25, 0.3) is 11.8 Å². The van der Waals surface area contributed by atoms with Crippen LogP contribution in [0.3, 0.4) is 0 Å². The summed E-state index contributed by atoms with van der Waals surface area (Å²) in [5.41, 5.74) is 3.49. The highest BCUT2D eigenvalue weighted by Gasteiger charge is 2.28. The lowest BCUT2D eigenvalue weighted by atomic mass is 9.95. The Kier molecular flexibility index (Phi) is 8.09. The summed E-state index contributed by atoms with van der Waals surface area (Å²) < 4.78 is 42.8. The Balaban J connectivity index is 1.27. The molecule has 212 valence electrons. The second-order valence-electron chi connectivity index (χ2n) is 9.67. The Morgan fingerprint density at radius 3 is 2.32 bits per heavy atom. The Morgan fingerprint density at radius 2 is 1.63 bits per heavy atom. The number of nitrogens with zero attached hydrogens (tertiary/aromatic N) is 3. The molecule has 41 heavy (non-hydrogen) atoms. The summed E-state index contributed by atoms with van der Waals surface area (Å²) in [6, 6.07) is 20.0. The monoisotopic (exact) mass is 562 g/mol. The van der Waals surface area contributed by atoms with Gasteiger partial charge >= 0.3 is 6.18 Å². The van der Waals surface area contributed by atoms with Crippen LogP contribution in [0, 0.1) is 0 Å². The fourth-order valence-corrected chi connectivity index (χ4v) is 4.99. The number of benzene rings is 3. The molecule has 0 radical (unpaired) electrons. The van der Waals surface area contributed by atoms with Crippen LogP contribution in [0.1, 0.15) is 27.6 Å². The lowest BCUT2D eigenvalue weighted by Gasteiger charge is -2.36. The minimum absolute atomic E-state index is 0.0507. The molecule has 7 nitrogen and oxygen atoms in total. The van der Waals surface area contributed by atoms with E-state index in [0.29, 0.717) is 44.1 Å². The van der Waals surface area contributed by atoms with Crippen LogP contribution < -0.4 is 15.0 Å². The number of hydrogen-bond acceptors (Lipinski definition) is 5. The van der Waals surface area contributed by atoms with E-state index in [1.807, 2.05) is 59.6 Å². The second kappa shape index (κ2) is 11.9. The van der Waals surface area contributed by atoms with Gasteiger partial charge in [-0.15, -0.1) is 0 Å². The molecule has 10 heteroatoms. The van der Waals surface area contributed by atoms with Crippen LogP contribution >= 0.6 is 0 Å². The topological polar surface area (TPSA) is 74.8 Å². The number of amides is 2. The number of piperazine rings is 1. The number of rotatable bonds is 7. The van der Waals surface area contributed by atoms with E-state index >= 15 is 0 Å². The first-order chi connectivity index (χ1) is 19.7. The van der Waals surface area contributed by atoms with E-state index in [1.165, 1.54) is 12.1 Å². The van der Waals surface area contributed by atoms with Gasteiger partial charge in [0.05, 0.1) is 12.8 Å². The highest BCUT2D eigenvalue weighted by atomic mass is 19.4. The smallest absolute Gasteiger partial charge is 0.405 e. The third-order valence-corrected chi connectivity index (χ3v) is 7.00. The van der Waals surface area contributed by atoms with Crippen LogP contribution in [-0.4, -0.2) is 67.2 Å². The van der Waals surface area contributed by atoms with Gasteiger partial charge in [0, 0.05) is 54.8 Å². The van der Waals surface area contributed by atoms with E-state index < -0.39 is 18.6 Å². The number of carbonyl (C=O) groups is 2. The Bertz CT molecular complexity index is 1550. The Labute approximate surface area is 235 Å². The summed E-state index contributed by atoms with van der Waals surface area (Å²) in [5.74, 6) is -0.141. The Hall–Kier alpha value is -4.60. The normalized spacial score (nSPS) is 13.8. The summed E-state index contributed by atoms with van der Waals surface area (Å²) in [6.45, 7) is 3.26. The van der Waals surface area contributed by atoms with E-state index in [2.05, 4.69) is 9.88 Å². The summed E-state index contributed by atoms with van der Waals surface area (Å²) in [6.07, 6.45) is -1.00. The van der Waals surface area contributed by atoms with Gasteiger partial charge in [-0.25, -0.2) is 0 Å². The number of fused-ring (bicyclic) bond motifs is 1. The van der Waals surface area contributed by atoms with Gasteiger partial charge in [0.1, 0.15) is 12.3 Å². The first-order valence-electron chi connectivity index (χ1n) is 13.3. The van der Waals surface area contributed by atoms with Crippen LogP contribution in [0.2, 0.25) is 0 Å². The van der Waals surface area contributed by atoms with Gasteiger partial charge in [-0.05, 0) is 59.7 Å². The quantitative estimate of drug-likeness (QED) is 0.320. The average molecular weight is 563 g/mol. The van der Waals surface area contributed by atoms with Gasteiger partial charge in [-0.3, -0.25) is 14.6 Å². The van der Waals surface area contributed by atoms with Gasteiger partial charge in [-0.2, -0.15) is 13.2 Å². The van der Waals surface area contributed by atoms with Crippen LogP contribution in [0.15, 0.2) is 79.1 Å². The fourth-order valence-electron chi connectivity index (χ4n) is 4.99. The highest BCUT2D eigenvalue weighted by Crippen LogP contribution is 2.33. The van der Waals surface area contributed by atoms with E-state index in [1.54, 1.807) is 24.5 Å². The van der Waals surface area contributed by atoms with E-state index in [0.717, 1.165) is 27.6 Å². The van der Waals surface area contributed by atoms with Crippen molar-refractivity contribution < 1.29 is 27.5 Å². The molecule has 3 aromatic carbocycles. The maximum atomic E-state index is 13.6. The molecule has 0 unspecified atom stereocenters. The summed E-state index contributed by atoms with van der Waals surface area (Å²) >= 11 is 0. The van der Waals surface area contributed by atoms with Gasteiger partial charge in [0.15, 0.2) is 0 Å². The predicted molar refractivity (Wildman–Crippen MR) is 151 cm³/mol. The summed E-state index contributed by atoms with van der Waals surface area (Å²) in [7, 11) is 0. The molecule has 1 fully saturated rings. The second-order valence-corrected chi connectivity index (χ2v) is 9.67. The number of alkyl halides is 3. The minimum atomic E-state index is -4.46. The van der Waals surface area contributed by atoms with Gasteiger partial charge in [0.2, 0.25) is 0 Å². The number of halogens is 3. The lowest BCUT2D eigenvalue weighted by Crippen LogP contribution is -2.48. The number of pyridine rings is 1. The van der Waals surface area contributed by atoms with Gasteiger partial charge in [-0.1, -0.05) is 30.3 Å². The first-order valence-corrected chi connectivity index (χ1v) is 13.3. The molecule has 0 spiro atoms. The van der Waals surface area contributed by atoms with E-state index in [4.69, 9.17) is 4.74 Å². The number of hydrogen-bond donors (Lipinski definition) is 1. The minimum Gasteiger partial charge on any atom is -0.492 e. The molecule has 5 rings (SSSR count). The summed E-state index contributed by atoms with van der Waals surface area (Å²) in [4.78, 5) is 33.9. The fraction of sp³-hybridized carbons (Fsp3) is 0.258. The number of ether oxygens (including phenoxy) is 1. The van der Waals surface area contributed by atoms with Crippen molar-refractivity contribution in [2.75, 3.05) is 44.2 Å². The number of anilines is 1. The number of carbonyl (C=O) groups excluding carboxylic acids is 2. The molecule has 1 aromatic heterocycles. The molecule has 1 aliphatic rings. The molecule has 1 saturated heterocycles. The number of nitrogens with one attached hydrogen (secondary N) is 1. The van der Waals surface area contributed by atoms with Crippen molar-refractivity contribution in [3.05, 3.63) is 90.3 Å². The zero-order valence-corrected chi connectivity index (χ0v) is 22.4. The van der Waals surface area contributed by atoms with E-state index in [9.17, 15) is 22.8 Å². The van der Waals surface area contributed by atoms with E-state index in [-0.39, 0.29) is 11.5 Å². The van der Waals surface area contributed by atoms with Crippen molar-refractivity contribution in [3.8, 4) is 16.9 Å². The van der Waals surface area contributed by atoms with Crippen molar-refractivity contribution >= 4 is 28.3 Å². The molecular formula is C31H29F3N4O3. The van der Waals surface area contributed by atoms with Crippen LogP contribution in [0.25, 0.3) is 21.9 Å². The van der Waals surface area contributed by atoms with Crippen molar-refractivity contribution in [2.45, 2.75) is 13.1 Å². The van der Waals surface area contributed by atoms with Crippen LogP contribution in [-0.2, 0) is 0 Å². The predicted octanol–water partition coefficient (Wildman–Crippen LogP) is 5.56. The Morgan fingerprint density at radius 1 is 0.927 bits per heavy atom. The SMILES string of the molecule is CCOc1cncc(-c2ccc(C(=O)N3CCN(c4ccc(C(=O)NCC(F)(F)F)cc4)CC3)c3ccccc23)c1. The molecule has 1 aliphatic heterocycles. The molecule has 1 N–H and O–H groups in total. The van der Waals surface area contributed by atoms with Crippen molar-refractivity contribution in [3.63, 3.8) is 0 Å². The largest absolute Gasteiger partial charge is 0.492 e.